The summed E-state index contributed by atoms with van der Waals surface area (Å²) in [6.45, 7) is 1.43. The van der Waals surface area contributed by atoms with Gasteiger partial charge in [-0.3, -0.25) is 4.90 Å². The van der Waals surface area contributed by atoms with Gasteiger partial charge in [0, 0.05) is 13.1 Å². The Kier molecular flexibility index (Phi) is 7.53. The summed E-state index contributed by atoms with van der Waals surface area (Å²) in [5, 5.41) is 12.4. The van der Waals surface area contributed by atoms with Crippen LogP contribution in [0.2, 0.25) is 0 Å². The second kappa shape index (κ2) is 11.4. The molecular formula is C37H33F2NO. The van der Waals surface area contributed by atoms with E-state index < -0.39 is 11.1 Å². The molecule has 1 aliphatic heterocycles. The molecule has 1 saturated heterocycles. The van der Waals surface area contributed by atoms with Gasteiger partial charge in [-0.2, -0.15) is 0 Å². The minimum absolute atomic E-state index is 0.158. The van der Waals surface area contributed by atoms with Crippen LogP contribution in [0, 0.1) is 17.6 Å². The highest BCUT2D eigenvalue weighted by molar-refractivity contribution is 5.50. The second-order valence-corrected chi connectivity index (χ2v) is 10.8. The number of aliphatic hydroxyl groups is 1. The summed E-state index contributed by atoms with van der Waals surface area (Å²) in [5.41, 5.74) is 2.87. The monoisotopic (exact) mass is 545 g/mol. The van der Waals surface area contributed by atoms with Gasteiger partial charge < -0.3 is 5.11 Å². The molecule has 0 radical (unpaired) electrons. The molecule has 41 heavy (non-hydrogen) atoms. The number of nitrogens with zero attached hydrogens (tertiary/aromatic N) is 1. The number of halogens is 2. The topological polar surface area (TPSA) is 23.5 Å². The molecule has 0 unspecified atom stereocenters. The van der Waals surface area contributed by atoms with Gasteiger partial charge in [-0.25, -0.2) is 8.78 Å². The van der Waals surface area contributed by atoms with Gasteiger partial charge in [-0.15, -0.1) is 0 Å². The van der Waals surface area contributed by atoms with Gasteiger partial charge >= 0.3 is 0 Å². The van der Waals surface area contributed by atoms with Gasteiger partial charge in [0.1, 0.15) is 17.2 Å². The SMILES string of the molecule is OC(c1ccc(F)cc1)(c1ccc(F)cc1)C1CCN(C(c2ccccc2)(c2ccccc2)c2ccccc2)CC1. The molecule has 0 aromatic heterocycles. The van der Waals surface area contributed by atoms with E-state index in [4.69, 9.17) is 0 Å². The van der Waals surface area contributed by atoms with E-state index in [1.165, 1.54) is 41.0 Å². The van der Waals surface area contributed by atoms with Gasteiger partial charge in [0.25, 0.3) is 0 Å². The van der Waals surface area contributed by atoms with Crippen molar-refractivity contribution in [3.8, 4) is 0 Å². The Morgan fingerprint density at radius 2 is 0.829 bits per heavy atom. The van der Waals surface area contributed by atoms with Crippen LogP contribution in [0.1, 0.15) is 40.7 Å². The lowest BCUT2D eigenvalue weighted by molar-refractivity contribution is -0.0257. The van der Waals surface area contributed by atoms with Gasteiger partial charge in [-0.05, 0) is 70.8 Å². The van der Waals surface area contributed by atoms with Gasteiger partial charge in [0.2, 0.25) is 0 Å². The highest BCUT2D eigenvalue weighted by Gasteiger charge is 2.47. The van der Waals surface area contributed by atoms with Crippen molar-refractivity contribution in [2.75, 3.05) is 13.1 Å². The number of rotatable bonds is 7. The summed E-state index contributed by atoms with van der Waals surface area (Å²) in [6.07, 6.45) is 1.39. The van der Waals surface area contributed by atoms with E-state index in [0.717, 1.165) is 0 Å². The minimum Gasteiger partial charge on any atom is -0.380 e. The van der Waals surface area contributed by atoms with E-state index in [0.29, 0.717) is 37.1 Å². The van der Waals surface area contributed by atoms with Crippen LogP contribution in [-0.2, 0) is 11.1 Å². The fourth-order valence-electron chi connectivity index (χ4n) is 6.76. The van der Waals surface area contributed by atoms with Crippen LogP contribution in [0.15, 0.2) is 140 Å². The Labute approximate surface area is 240 Å². The first kappa shape index (κ1) is 27.1. The lowest BCUT2D eigenvalue weighted by Crippen LogP contribution is -2.53. The Bertz CT molecular complexity index is 1410. The Morgan fingerprint density at radius 1 is 0.488 bits per heavy atom. The maximum Gasteiger partial charge on any atom is 0.123 e. The maximum absolute atomic E-state index is 13.9. The van der Waals surface area contributed by atoms with Gasteiger partial charge in [0.15, 0.2) is 0 Å². The first-order chi connectivity index (χ1) is 20.0. The molecule has 0 spiro atoms. The highest BCUT2D eigenvalue weighted by atomic mass is 19.1. The van der Waals surface area contributed by atoms with Crippen LogP contribution in [0.4, 0.5) is 8.78 Å². The van der Waals surface area contributed by atoms with Crippen LogP contribution in [0.5, 0.6) is 0 Å². The van der Waals surface area contributed by atoms with E-state index in [1.807, 2.05) is 18.2 Å². The molecule has 0 saturated carbocycles. The van der Waals surface area contributed by atoms with E-state index in [9.17, 15) is 13.9 Å². The third kappa shape index (κ3) is 4.88. The van der Waals surface area contributed by atoms with Gasteiger partial charge in [-0.1, -0.05) is 115 Å². The third-order valence-corrected chi connectivity index (χ3v) is 8.70. The Hall–Kier alpha value is -4.12. The van der Waals surface area contributed by atoms with Crippen LogP contribution < -0.4 is 0 Å². The molecule has 0 bridgehead atoms. The molecule has 1 N–H and O–H groups in total. The van der Waals surface area contributed by atoms with Crippen molar-refractivity contribution in [2.45, 2.75) is 24.0 Å². The molecule has 206 valence electrons. The summed E-state index contributed by atoms with van der Waals surface area (Å²) >= 11 is 0. The first-order valence-electron chi connectivity index (χ1n) is 14.2. The lowest BCUT2D eigenvalue weighted by atomic mass is 9.69. The molecule has 5 aromatic rings. The van der Waals surface area contributed by atoms with E-state index >= 15 is 0 Å². The molecule has 1 fully saturated rings. The highest BCUT2D eigenvalue weighted by Crippen LogP contribution is 2.47. The minimum atomic E-state index is -1.39. The Balaban J connectivity index is 1.43. The molecule has 0 atom stereocenters. The molecule has 6 rings (SSSR count). The molecule has 0 amide bonds. The molecule has 4 heteroatoms. The largest absolute Gasteiger partial charge is 0.380 e. The molecule has 1 heterocycles. The van der Waals surface area contributed by atoms with Crippen molar-refractivity contribution in [1.29, 1.82) is 0 Å². The lowest BCUT2D eigenvalue weighted by Gasteiger charge is -2.50. The van der Waals surface area contributed by atoms with Crippen molar-refractivity contribution in [3.63, 3.8) is 0 Å². The van der Waals surface area contributed by atoms with Crippen LogP contribution in [0.25, 0.3) is 0 Å². The standard InChI is InChI=1S/C37H33F2NO/c38-34-20-16-31(17-21-34)37(41,32-18-22-35(39)23-19-32)33-24-26-40(27-25-33)36(28-10-4-1-5-11-28,29-12-6-2-7-13-29)30-14-8-3-9-15-30/h1-23,33,41H,24-27H2. The van der Waals surface area contributed by atoms with E-state index in [-0.39, 0.29) is 17.6 Å². The Morgan fingerprint density at radius 3 is 1.17 bits per heavy atom. The number of hydrogen-bond acceptors (Lipinski definition) is 2. The van der Waals surface area contributed by atoms with Crippen molar-refractivity contribution in [3.05, 3.63) is 179 Å². The van der Waals surface area contributed by atoms with Crippen molar-refractivity contribution < 1.29 is 13.9 Å². The summed E-state index contributed by atoms with van der Waals surface area (Å²) in [5.74, 6) is -0.874. The number of hydrogen-bond donors (Lipinski definition) is 1. The predicted molar refractivity (Wildman–Crippen MR) is 159 cm³/mol. The van der Waals surface area contributed by atoms with E-state index in [2.05, 4.69) is 77.7 Å². The fourth-order valence-corrected chi connectivity index (χ4v) is 6.76. The zero-order valence-corrected chi connectivity index (χ0v) is 22.8. The average molecular weight is 546 g/mol. The van der Waals surface area contributed by atoms with E-state index in [1.54, 1.807) is 24.3 Å². The molecular weight excluding hydrogens is 512 g/mol. The number of likely N-dealkylation sites (tertiary alicyclic amines) is 1. The zero-order chi connectivity index (χ0) is 28.3. The quantitative estimate of drug-likeness (QED) is 0.210. The summed E-state index contributed by atoms with van der Waals surface area (Å²) in [4.78, 5) is 2.53. The third-order valence-electron chi connectivity index (χ3n) is 8.70. The molecule has 5 aromatic carbocycles. The second-order valence-electron chi connectivity index (χ2n) is 10.8. The van der Waals surface area contributed by atoms with Crippen molar-refractivity contribution in [2.24, 2.45) is 5.92 Å². The maximum atomic E-state index is 13.9. The van der Waals surface area contributed by atoms with Crippen LogP contribution in [-0.4, -0.2) is 23.1 Å². The fraction of sp³-hybridized carbons (Fsp3) is 0.189. The van der Waals surface area contributed by atoms with Crippen molar-refractivity contribution >= 4 is 0 Å². The summed E-state index contributed by atoms with van der Waals surface area (Å²) in [7, 11) is 0. The summed E-state index contributed by atoms with van der Waals surface area (Å²) < 4.78 is 27.8. The zero-order valence-electron chi connectivity index (χ0n) is 22.8. The number of piperidine rings is 1. The molecule has 1 aliphatic rings. The number of benzene rings is 5. The summed E-state index contributed by atoms with van der Waals surface area (Å²) in [6, 6.07) is 43.9. The van der Waals surface area contributed by atoms with Crippen LogP contribution >= 0.6 is 0 Å². The smallest absolute Gasteiger partial charge is 0.123 e. The first-order valence-corrected chi connectivity index (χ1v) is 14.2. The average Bonchev–Trinajstić information content (AvgIpc) is 3.04. The van der Waals surface area contributed by atoms with Crippen LogP contribution in [0.3, 0.4) is 0 Å². The molecule has 2 nitrogen and oxygen atoms in total. The molecule has 0 aliphatic carbocycles. The van der Waals surface area contributed by atoms with Gasteiger partial charge in [0.05, 0.1) is 5.54 Å². The van der Waals surface area contributed by atoms with Crippen molar-refractivity contribution in [1.82, 2.24) is 4.90 Å². The predicted octanol–water partition coefficient (Wildman–Crippen LogP) is 7.90. The normalized spacial score (nSPS) is 15.1.